The number of carbonyl (C=O) groups excluding carboxylic acids is 2. The smallest absolute Gasteiger partial charge is 0.242 e. The summed E-state index contributed by atoms with van der Waals surface area (Å²) < 4.78 is 31.5. The lowest BCUT2D eigenvalue weighted by Crippen LogP contribution is -2.50. The van der Waals surface area contributed by atoms with Crippen LogP contribution in [0.3, 0.4) is 0 Å². The minimum absolute atomic E-state index is 0.120. The van der Waals surface area contributed by atoms with Gasteiger partial charge >= 0.3 is 0 Å². The number of anilines is 1. The van der Waals surface area contributed by atoms with Gasteiger partial charge in [-0.25, -0.2) is 8.42 Å². The second-order valence-electron chi connectivity index (χ2n) is 10.2. The van der Waals surface area contributed by atoms with E-state index in [0.29, 0.717) is 24.4 Å². The summed E-state index contributed by atoms with van der Waals surface area (Å²) in [5.74, 6) is 0.304. The molecular formula is C29H41N3O5S. The molecule has 0 spiro atoms. The molecule has 9 heteroatoms. The molecule has 38 heavy (non-hydrogen) atoms. The quantitative estimate of drug-likeness (QED) is 0.428. The second-order valence-corrected chi connectivity index (χ2v) is 12.1. The molecule has 3 rings (SSSR count). The van der Waals surface area contributed by atoms with E-state index in [9.17, 15) is 18.0 Å². The van der Waals surface area contributed by atoms with Crippen molar-refractivity contribution in [2.75, 3.05) is 24.2 Å². The summed E-state index contributed by atoms with van der Waals surface area (Å²) in [7, 11) is -2.00. The number of nitrogens with one attached hydrogen (secondary N) is 1. The van der Waals surface area contributed by atoms with Crippen molar-refractivity contribution in [3.8, 4) is 5.75 Å². The Hall–Kier alpha value is -3.07. The van der Waals surface area contributed by atoms with Crippen molar-refractivity contribution in [2.24, 2.45) is 0 Å². The average molecular weight is 544 g/mol. The van der Waals surface area contributed by atoms with Crippen LogP contribution in [0.2, 0.25) is 0 Å². The Bertz CT molecular complexity index is 1160. The van der Waals surface area contributed by atoms with Gasteiger partial charge in [0.15, 0.2) is 0 Å². The Morgan fingerprint density at radius 1 is 1.03 bits per heavy atom. The summed E-state index contributed by atoms with van der Waals surface area (Å²) in [6.45, 7) is 4.23. The highest BCUT2D eigenvalue weighted by molar-refractivity contribution is 7.92. The van der Waals surface area contributed by atoms with E-state index >= 15 is 0 Å². The molecule has 0 radical (unpaired) electrons. The van der Waals surface area contributed by atoms with Crippen LogP contribution in [-0.4, -0.2) is 57.1 Å². The fourth-order valence-electron chi connectivity index (χ4n) is 4.79. The molecule has 1 aliphatic carbocycles. The summed E-state index contributed by atoms with van der Waals surface area (Å²) in [5, 5.41) is 3.14. The SMILES string of the molecule is COc1ccc(N(CCCC(=O)N(Cc2ccc(C)cc2)C(C)C(=O)NC2CCCCC2)S(C)(=O)=O)cc1. The van der Waals surface area contributed by atoms with E-state index in [0.717, 1.165) is 43.1 Å². The number of ether oxygens (including phenoxy) is 1. The molecule has 2 amide bonds. The van der Waals surface area contributed by atoms with Crippen LogP contribution >= 0.6 is 0 Å². The summed E-state index contributed by atoms with van der Waals surface area (Å²) in [5.41, 5.74) is 2.57. The van der Waals surface area contributed by atoms with Crippen LogP contribution in [0.1, 0.15) is 63.0 Å². The minimum Gasteiger partial charge on any atom is -0.497 e. The van der Waals surface area contributed by atoms with E-state index in [-0.39, 0.29) is 30.8 Å². The van der Waals surface area contributed by atoms with Gasteiger partial charge in [-0.05, 0) is 62.9 Å². The number of amides is 2. The molecule has 1 atom stereocenters. The van der Waals surface area contributed by atoms with E-state index in [2.05, 4.69) is 5.32 Å². The number of rotatable bonds is 12. The highest BCUT2D eigenvalue weighted by Gasteiger charge is 2.28. The first-order chi connectivity index (χ1) is 18.1. The molecule has 1 unspecified atom stereocenters. The number of hydrogen-bond acceptors (Lipinski definition) is 5. The Balaban J connectivity index is 1.70. The van der Waals surface area contributed by atoms with Crippen molar-refractivity contribution >= 4 is 27.5 Å². The van der Waals surface area contributed by atoms with Gasteiger partial charge in [0.05, 0.1) is 19.1 Å². The van der Waals surface area contributed by atoms with Gasteiger partial charge < -0.3 is 15.0 Å². The van der Waals surface area contributed by atoms with E-state index in [1.54, 1.807) is 43.2 Å². The molecular weight excluding hydrogens is 502 g/mol. The highest BCUT2D eigenvalue weighted by Crippen LogP contribution is 2.23. The molecule has 2 aromatic rings. The number of sulfonamides is 1. The Kier molecular flexibility index (Phi) is 10.6. The second kappa shape index (κ2) is 13.6. The van der Waals surface area contributed by atoms with E-state index in [1.807, 2.05) is 31.2 Å². The molecule has 8 nitrogen and oxygen atoms in total. The maximum atomic E-state index is 13.5. The first kappa shape index (κ1) is 29.5. The van der Waals surface area contributed by atoms with Crippen LogP contribution < -0.4 is 14.4 Å². The number of carbonyl (C=O) groups is 2. The molecule has 1 saturated carbocycles. The average Bonchev–Trinajstić information content (AvgIpc) is 2.90. The predicted octanol–water partition coefficient (Wildman–Crippen LogP) is 4.42. The van der Waals surface area contributed by atoms with Gasteiger partial charge in [0.2, 0.25) is 21.8 Å². The molecule has 0 aliphatic heterocycles. The summed E-state index contributed by atoms with van der Waals surface area (Å²) in [6.07, 6.45) is 6.94. The molecule has 0 bridgehead atoms. The van der Waals surface area contributed by atoms with E-state index in [4.69, 9.17) is 4.74 Å². The van der Waals surface area contributed by atoms with E-state index < -0.39 is 16.1 Å². The molecule has 1 N–H and O–H groups in total. The van der Waals surface area contributed by atoms with Gasteiger partial charge in [0.25, 0.3) is 0 Å². The van der Waals surface area contributed by atoms with Crippen LogP contribution in [-0.2, 0) is 26.2 Å². The van der Waals surface area contributed by atoms with Gasteiger partial charge in [-0.3, -0.25) is 13.9 Å². The molecule has 0 saturated heterocycles. The van der Waals surface area contributed by atoms with Gasteiger partial charge in [0, 0.05) is 25.6 Å². The van der Waals surface area contributed by atoms with Gasteiger partial charge in [-0.2, -0.15) is 0 Å². The standard InChI is InChI=1S/C29H41N3O5S/c1-22-12-14-24(15-13-22)21-31(23(2)29(34)30-25-9-6-5-7-10-25)28(33)11-8-20-32(38(4,35)36)26-16-18-27(37-3)19-17-26/h12-19,23,25H,5-11,20-21H2,1-4H3,(H,30,34). The fourth-order valence-corrected chi connectivity index (χ4v) is 5.76. The lowest BCUT2D eigenvalue weighted by Gasteiger charge is -2.31. The monoisotopic (exact) mass is 543 g/mol. The van der Waals surface area contributed by atoms with Crippen LogP contribution in [0.5, 0.6) is 5.75 Å². The lowest BCUT2D eigenvalue weighted by atomic mass is 9.95. The van der Waals surface area contributed by atoms with Gasteiger partial charge in [0.1, 0.15) is 11.8 Å². The van der Waals surface area contributed by atoms with Crippen molar-refractivity contribution in [1.29, 1.82) is 0 Å². The molecule has 2 aromatic carbocycles. The van der Waals surface area contributed by atoms with E-state index in [1.165, 1.54) is 10.7 Å². The zero-order valence-electron chi connectivity index (χ0n) is 23.0. The number of methoxy groups -OCH3 is 1. The number of hydrogen-bond donors (Lipinski definition) is 1. The minimum atomic E-state index is -3.55. The number of aryl methyl sites for hydroxylation is 1. The maximum Gasteiger partial charge on any atom is 0.242 e. The summed E-state index contributed by atoms with van der Waals surface area (Å²) in [4.78, 5) is 28.2. The molecule has 1 fully saturated rings. The fraction of sp³-hybridized carbons (Fsp3) is 0.517. The molecule has 1 aliphatic rings. The topological polar surface area (TPSA) is 96.0 Å². The van der Waals surface area contributed by atoms with Crippen LogP contribution in [0.4, 0.5) is 5.69 Å². The van der Waals surface area contributed by atoms with Crippen molar-refractivity contribution in [2.45, 2.75) is 77.4 Å². The Labute approximate surface area is 227 Å². The van der Waals surface area contributed by atoms with Crippen LogP contribution in [0.25, 0.3) is 0 Å². The number of nitrogens with zero attached hydrogens (tertiary/aromatic N) is 2. The first-order valence-electron chi connectivity index (χ1n) is 13.4. The maximum absolute atomic E-state index is 13.5. The molecule has 0 heterocycles. The van der Waals surface area contributed by atoms with Crippen LogP contribution in [0.15, 0.2) is 48.5 Å². The molecule has 0 aromatic heterocycles. The number of benzene rings is 2. The third-order valence-electron chi connectivity index (χ3n) is 7.10. The van der Waals surface area contributed by atoms with Crippen molar-refractivity contribution in [3.63, 3.8) is 0 Å². The normalized spacial score (nSPS) is 14.9. The van der Waals surface area contributed by atoms with Crippen molar-refractivity contribution < 1.29 is 22.7 Å². The zero-order chi connectivity index (χ0) is 27.7. The predicted molar refractivity (Wildman–Crippen MR) is 151 cm³/mol. The van der Waals surface area contributed by atoms with Crippen molar-refractivity contribution in [3.05, 3.63) is 59.7 Å². The summed E-state index contributed by atoms with van der Waals surface area (Å²) >= 11 is 0. The Morgan fingerprint density at radius 2 is 1.66 bits per heavy atom. The zero-order valence-corrected chi connectivity index (χ0v) is 23.8. The van der Waals surface area contributed by atoms with Crippen LogP contribution in [0, 0.1) is 6.92 Å². The first-order valence-corrected chi connectivity index (χ1v) is 15.2. The lowest BCUT2D eigenvalue weighted by molar-refractivity contribution is -0.141. The highest BCUT2D eigenvalue weighted by atomic mass is 32.2. The van der Waals surface area contributed by atoms with Crippen molar-refractivity contribution in [1.82, 2.24) is 10.2 Å². The molecule has 208 valence electrons. The Morgan fingerprint density at radius 3 is 2.24 bits per heavy atom. The third kappa shape index (κ3) is 8.48. The van der Waals surface area contributed by atoms with Gasteiger partial charge in [-0.15, -0.1) is 0 Å². The largest absolute Gasteiger partial charge is 0.497 e. The van der Waals surface area contributed by atoms with Gasteiger partial charge in [-0.1, -0.05) is 49.1 Å². The summed E-state index contributed by atoms with van der Waals surface area (Å²) in [6, 6.07) is 14.2. The third-order valence-corrected chi connectivity index (χ3v) is 8.30.